The van der Waals surface area contributed by atoms with Gasteiger partial charge in [-0.05, 0) is 108 Å². The fourth-order valence-corrected chi connectivity index (χ4v) is 11.0. The van der Waals surface area contributed by atoms with E-state index >= 15 is 0 Å². The second-order valence-corrected chi connectivity index (χ2v) is 17.6. The molecular formula is C55H34N4O2S. The van der Waals surface area contributed by atoms with Crippen molar-refractivity contribution in [3.63, 3.8) is 0 Å². The van der Waals surface area contributed by atoms with E-state index in [1.54, 1.807) is 42.5 Å². The largest absolute Gasteiger partial charge is 0.309 e. The molecule has 0 unspecified atom stereocenters. The van der Waals surface area contributed by atoms with Gasteiger partial charge in [0, 0.05) is 49.4 Å². The number of rotatable bonds is 6. The SMILES string of the molecule is N#Cc1ccc(-c2ccc(-n3c4ccc(-n5c6ccccc6c6ccccc65)cc4c4cc(-n5c6ccccc6c6ccccc65)ccc43)cc2)cc1S(=O)(=O)c1ccccc1. The molecule has 0 saturated heterocycles. The molecule has 12 rings (SSSR count). The lowest BCUT2D eigenvalue weighted by molar-refractivity contribution is 0.596. The van der Waals surface area contributed by atoms with Crippen molar-refractivity contribution in [2.75, 3.05) is 0 Å². The third-order valence-corrected chi connectivity index (χ3v) is 14.1. The van der Waals surface area contributed by atoms with Crippen LogP contribution in [-0.2, 0) is 9.84 Å². The van der Waals surface area contributed by atoms with Crippen LogP contribution in [0.4, 0.5) is 0 Å². The Bertz CT molecular complexity index is 3670. The number of benzene rings is 9. The zero-order valence-corrected chi connectivity index (χ0v) is 34.0. The molecular weight excluding hydrogens is 781 g/mol. The molecule has 0 saturated carbocycles. The number of fused-ring (bicyclic) bond motifs is 9. The first-order valence-electron chi connectivity index (χ1n) is 20.5. The minimum absolute atomic E-state index is 0.00622. The van der Waals surface area contributed by atoms with Gasteiger partial charge in [0.2, 0.25) is 9.84 Å². The number of hydrogen-bond donors (Lipinski definition) is 0. The first-order chi connectivity index (χ1) is 30.5. The van der Waals surface area contributed by atoms with Crippen LogP contribution in [0, 0.1) is 11.3 Å². The van der Waals surface area contributed by atoms with Crippen molar-refractivity contribution in [3.8, 4) is 34.3 Å². The molecule has 0 aliphatic rings. The van der Waals surface area contributed by atoms with Gasteiger partial charge in [-0.3, -0.25) is 0 Å². The van der Waals surface area contributed by atoms with Crippen LogP contribution in [0.3, 0.4) is 0 Å². The monoisotopic (exact) mass is 814 g/mol. The minimum atomic E-state index is -3.92. The van der Waals surface area contributed by atoms with Crippen LogP contribution in [0.5, 0.6) is 0 Å². The van der Waals surface area contributed by atoms with Crippen molar-refractivity contribution in [2.24, 2.45) is 0 Å². The summed E-state index contributed by atoms with van der Waals surface area (Å²) in [6.07, 6.45) is 0. The Morgan fingerprint density at radius 2 is 0.742 bits per heavy atom. The molecule has 0 bridgehead atoms. The lowest BCUT2D eigenvalue weighted by Crippen LogP contribution is -2.04. The highest BCUT2D eigenvalue weighted by atomic mass is 32.2. The van der Waals surface area contributed by atoms with Gasteiger partial charge in [-0.2, -0.15) is 5.26 Å². The van der Waals surface area contributed by atoms with Gasteiger partial charge in [0.05, 0.1) is 48.5 Å². The lowest BCUT2D eigenvalue weighted by atomic mass is 10.0. The van der Waals surface area contributed by atoms with Gasteiger partial charge < -0.3 is 13.7 Å². The van der Waals surface area contributed by atoms with Gasteiger partial charge in [-0.25, -0.2) is 8.42 Å². The fourth-order valence-electron chi connectivity index (χ4n) is 9.50. The van der Waals surface area contributed by atoms with Crippen LogP contribution in [0.1, 0.15) is 5.56 Å². The molecule has 292 valence electrons. The lowest BCUT2D eigenvalue weighted by Gasteiger charge is -2.12. The summed E-state index contributed by atoms with van der Waals surface area (Å²) < 4.78 is 34.5. The predicted octanol–water partition coefficient (Wildman–Crippen LogP) is 13.3. The van der Waals surface area contributed by atoms with Crippen LogP contribution in [0.25, 0.3) is 93.6 Å². The molecule has 3 heterocycles. The minimum Gasteiger partial charge on any atom is -0.309 e. The predicted molar refractivity (Wildman–Crippen MR) is 252 cm³/mol. The first-order valence-corrected chi connectivity index (χ1v) is 22.0. The molecule has 7 heteroatoms. The molecule has 62 heavy (non-hydrogen) atoms. The zero-order valence-electron chi connectivity index (χ0n) is 33.1. The molecule has 9 aromatic carbocycles. The van der Waals surface area contributed by atoms with Crippen LogP contribution < -0.4 is 0 Å². The highest BCUT2D eigenvalue weighted by molar-refractivity contribution is 7.91. The maximum absolute atomic E-state index is 13.8. The Balaban J connectivity index is 1.06. The molecule has 6 nitrogen and oxygen atoms in total. The van der Waals surface area contributed by atoms with E-state index in [-0.39, 0.29) is 15.4 Å². The maximum Gasteiger partial charge on any atom is 0.207 e. The third-order valence-electron chi connectivity index (χ3n) is 12.3. The number of hydrogen-bond acceptors (Lipinski definition) is 3. The van der Waals surface area contributed by atoms with E-state index in [4.69, 9.17) is 0 Å². The molecule has 0 amide bonds. The van der Waals surface area contributed by atoms with E-state index in [9.17, 15) is 13.7 Å². The molecule has 0 radical (unpaired) electrons. The van der Waals surface area contributed by atoms with Gasteiger partial charge in [-0.15, -0.1) is 0 Å². The first kappa shape index (κ1) is 35.7. The Labute approximate surface area is 356 Å². The highest BCUT2D eigenvalue weighted by Gasteiger charge is 2.23. The van der Waals surface area contributed by atoms with E-state index in [2.05, 4.69) is 165 Å². The summed E-state index contributed by atoms with van der Waals surface area (Å²) >= 11 is 0. The molecule has 3 aromatic heterocycles. The van der Waals surface area contributed by atoms with Crippen LogP contribution in [0.2, 0.25) is 0 Å². The van der Waals surface area contributed by atoms with Crippen LogP contribution in [-0.4, -0.2) is 22.1 Å². The summed E-state index contributed by atoms with van der Waals surface area (Å²) in [4.78, 5) is 0.145. The van der Waals surface area contributed by atoms with Gasteiger partial charge in [0.25, 0.3) is 0 Å². The number of aromatic nitrogens is 3. The maximum atomic E-state index is 13.8. The number of para-hydroxylation sites is 4. The zero-order chi connectivity index (χ0) is 41.5. The standard InChI is InChI=1S/C55H34N4O2S/c56-35-38-23-22-37(32-55(38)62(60,61)42-12-2-1-3-13-42)36-24-26-39(27-25-36)57-53-30-28-40(58-49-18-8-4-14-43(49)44-15-5-9-19-50(44)58)33-47(53)48-34-41(29-31-54(48)57)59-51-20-10-6-16-45(51)46-17-7-11-21-52(46)59/h1-34H. The second kappa shape index (κ2) is 13.7. The normalized spacial score (nSPS) is 12.0. The topological polar surface area (TPSA) is 72.7 Å². The smallest absolute Gasteiger partial charge is 0.207 e. The Hall–Kier alpha value is -8.18. The van der Waals surface area contributed by atoms with Gasteiger partial charge in [0.1, 0.15) is 6.07 Å². The highest BCUT2D eigenvalue weighted by Crippen LogP contribution is 2.40. The summed E-state index contributed by atoms with van der Waals surface area (Å²) in [6.45, 7) is 0. The van der Waals surface area contributed by atoms with Crippen LogP contribution in [0.15, 0.2) is 216 Å². The summed E-state index contributed by atoms with van der Waals surface area (Å²) in [5.74, 6) is 0. The summed E-state index contributed by atoms with van der Waals surface area (Å²) in [6, 6.07) is 71.5. The second-order valence-electron chi connectivity index (χ2n) is 15.7. The van der Waals surface area contributed by atoms with Crippen molar-refractivity contribution < 1.29 is 8.42 Å². The Morgan fingerprint density at radius 1 is 0.355 bits per heavy atom. The summed E-state index contributed by atoms with van der Waals surface area (Å²) in [7, 11) is -3.92. The molecule has 12 aromatic rings. The van der Waals surface area contributed by atoms with E-state index in [0.717, 1.165) is 66.5 Å². The fraction of sp³-hybridized carbons (Fsp3) is 0. The van der Waals surface area contributed by atoms with Gasteiger partial charge in [0.15, 0.2) is 0 Å². The van der Waals surface area contributed by atoms with E-state index < -0.39 is 9.84 Å². The Morgan fingerprint density at radius 3 is 1.21 bits per heavy atom. The molecule has 0 atom stereocenters. The molecule has 0 fully saturated rings. The van der Waals surface area contributed by atoms with Crippen molar-refractivity contribution in [3.05, 3.63) is 212 Å². The summed E-state index contributed by atoms with van der Waals surface area (Å²) in [5.41, 5.74) is 11.5. The van der Waals surface area contributed by atoms with Crippen molar-refractivity contribution in [1.29, 1.82) is 5.26 Å². The van der Waals surface area contributed by atoms with E-state index in [1.165, 1.54) is 21.5 Å². The number of nitrogens with zero attached hydrogens (tertiary/aromatic N) is 4. The average molecular weight is 815 g/mol. The van der Waals surface area contributed by atoms with Crippen LogP contribution >= 0.6 is 0 Å². The molecule has 0 aliphatic heterocycles. The quantitative estimate of drug-likeness (QED) is 0.168. The number of nitriles is 1. The van der Waals surface area contributed by atoms with Gasteiger partial charge >= 0.3 is 0 Å². The average Bonchev–Trinajstić information content (AvgIpc) is 3.97. The van der Waals surface area contributed by atoms with E-state index in [1.807, 2.05) is 18.2 Å². The summed E-state index contributed by atoms with van der Waals surface area (Å²) in [5, 5.41) is 17.0. The number of sulfone groups is 1. The van der Waals surface area contributed by atoms with Gasteiger partial charge in [-0.1, -0.05) is 109 Å². The Kier molecular flexibility index (Phi) is 7.89. The van der Waals surface area contributed by atoms with E-state index in [0.29, 0.717) is 5.56 Å². The molecule has 0 spiro atoms. The third kappa shape index (κ3) is 5.31. The van der Waals surface area contributed by atoms with Crippen molar-refractivity contribution >= 4 is 75.3 Å². The van der Waals surface area contributed by atoms with Crippen molar-refractivity contribution in [2.45, 2.75) is 9.79 Å². The van der Waals surface area contributed by atoms with Crippen molar-refractivity contribution in [1.82, 2.24) is 13.7 Å². The molecule has 0 aliphatic carbocycles. The molecule has 0 N–H and O–H groups in total.